The highest BCUT2D eigenvalue weighted by atomic mass is 19.4. The number of nitrogens with zero attached hydrogens (tertiary/aromatic N) is 4. The number of ether oxygens (including phenoxy) is 1. The SMILES string of the molecule is O=C(Nc1ncn[nH]1)c1ncccc1OC[C@H]1CCCN1C(=O)C1CCC(C(F)(F)F)CC1. The Hall–Kier alpha value is -3.18. The molecule has 0 radical (unpaired) electrons. The molecule has 1 atom stereocenters. The van der Waals surface area contributed by atoms with E-state index in [-0.39, 0.29) is 67.5 Å². The van der Waals surface area contributed by atoms with Gasteiger partial charge in [0.05, 0.1) is 12.0 Å². The summed E-state index contributed by atoms with van der Waals surface area (Å²) in [5.74, 6) is -1.89. The molecule has 33 heavy (non-hydrogen) atoms. The number of aromatic amines is 1. The average molecular weight is 466 g/mol. The number of halogens is 3. The second kappa shape index (κ2) is 9.75. The molecule has 9 nitrogen and oxygen atoms in total. The van der Waals surface area contributed by atoms with Crippen LogP contribution in [0.15, 0.2) is 24.7 Å². The van der Waals surface area contributed by atoms with Crippen molar-refractivity contribution in [1.29, 1.82) is 0 Å². The fourth-order valence-corrected chi connectivity index (χ4v) is 4.50. The highest BCUT2D eigenvalue weighted by Crippen LogP contribution is 2.40. The number of alkyl halides is 3. The first-order valence-electron chi connectivity index (χ1n) is 10.9. The summed E-state index contributed by atoms with van der Waals surface area (Å²) in [5, 5.41) is 8.73. The van der Waals surface area contributed by atoms with Gasteiger partial charge < -0.3 is 9.64 Å². The minimum Gasteiger partial charge on any atom is -0.489 e. The molecule has 1 aliphatic heterocycles. The smallest absolute Gasteiger partial charge is 0.391 e. The molecule has 2 amide bonds. The van der Waals surface area contributed by atoms with Crippen molar-refractivity contribution in [2.24, 2.45) is 11.8 Å². The molecular formula is C21H25F3N6O3. The Labute approximate surface area is 188 Å². The van der Waals surface area contributed by atoms with Gasteiger partial charge in [-0.2, -0.15) is 23.3 Å². The van der Waals surface area contributed by atoms with Gasteiger partial charge >= 0.3 is 6.18 Å². The maximum Gasteiger partial charge on any atom is 0.391 e. The van der Waals surface area contributed by atoms with Crippen LogP contribution < -0.4 is 10.1 Å². The third-order valence-electron chi connectivity index (χ3n) is 6.26. The lowest BCUT2D eigenvalue weighted by Crippen LogP contribution is -2.44. The maximum absolute atomic E-state index is 13.0. The van der Waals surface area contributed by atoms with Crippen molar-refractivity contribution >= 4 is 17.8 Å². The summed E-state index contributed by atoms with van der Waals surface area (Å²) in [6.45, 7) is 0.718. The van der Waals surface area contributed by atoms with E-state index in [1.165, 1.54) is 12.5 Å². The Morgan fingerprint density at radius 2 is 1.97 bits per heavy atom. The number of H-pyrrole nitrogens is 1. The monoisotopic (exact) mass is 466 g/mol. The molecule has 2 N–H and O–H groups in total. The predicted molar refractivity (Wildman–Crippen MR) is 110 cm³/mol. The van der Waals surface area contributed by atoms with E-state index < -0.39 is 18.0 Å². The van der Waals surface area contributed by atoms with Gasteiger partial charge in [0.25, 0.3) is 5.91 Å². The van der Waals surface area contributed by atoms with Gasteiger partial charge in [-0.25, -0.2) is 10.1 Å². The topological polar surface area (TPSA) is 113 Å². The summed E-state index contributed by atoms with van der Waals surface area (Å²) < 4.78 is 44.7. The molecule has 1 aliphatic carbocycles. The number of hydrogen-bond acceptors (Lipinski definition) is 6. The number of carbonyl (C=O) groups excluding carboxylic acids is 2. The number of hydrogen-bond donors (Lipinski definition) is 2. The quantitative estimate of drug-likeness (QED) is 0.676. The lowest BCUT2D eigenvalue weighted by Gasteiger charge is -2.33. The molecule has 2 aliphatic rings. The Bertz CT molecular complexity index is 960. The molecule has 0 unspecified atom stereocenters. The van der Waals surface area contributed by atoms with Crippen molar-refractivity contribution in [1.82, 2.24) is 25.1 Å². The number of likely N-dealkylation sites (tertiary alicyclic amines) is 1. The highest BCUT2D eigenvalue weighted by Gasteiger charge is 2.44. The molecule has 2 aromatic rings. The summed E-state index contributed by atoms with van der Waals surface area (Å²) in [4.78, 5) is 35.2. The molecular weight excluding hydrogens is 441 g/mol. The van der Waals surface area contributed by atoms with Crippen molar-refractivity contribution in [2.75, 3.05) is 18.5 Å². The van der Waals surface area contributed by atoms with Crippen LogP contribution in [0.2, 0.25) is 0 Å². The molecule has 1 saturated carbocycles. The van der Waals surface area contributed by atoms with Crippen LogP contribution in [0.1, 0.15) is 49.0 Å². The van der Waals surface area contributed by atoms with Crippen LogP contribution in [0.5, 0.6) is 5.75 Å². The molecule has 2 aromatic heterocycles. The van der Waals surface area contributed by atoms with E-state index >= 15 is 0 Å². The van der Waals surface area contributed by atoms with Crippen LogP contribution in [0.3, 0.4) is 0 Å². The minimum absolute atomic E-state index is 0.00570. The van der Waals surface area contributed by atoms with Crippen LogP contribution >= 0.6 is 0 Å². The van der Waals surface area contributed by atoms with Crippen molar-refractivity contribution in [3.63, 3.8) is 0 Å². The van der Waals surface area contributed by atoms with Crippen molar-refractivity contribution in [3.8, 4) is 5.75 Å². The number of amides is 2. The van der Waals surface area contributed by atoms with Crippen molar-refractivity contribution in [3.05, 3.63) is 30.4 Å². The summed E-state index contributed by atoms with van der Waals surface area (Å²) in [7, 11) is 0. The average Bonchev–Trinajstić information content (AvgIpc) is 3.49. The zero-order chi connectivity index (χ0) is 23.4. The Kier molecular flexibility index (Phi) is 6.80. The number of nitrogens with one attached hydrogen (secondary N) is 2. The standard InChI is InChI=1S/C21H25F3N6O3/c22-21(23,24)14-7-5-13(6-8-14)19(32)30-10-2-3-15(30)11-33-16-4-1-9-25-17(16)18(31)28-20-26-12-27-29-20/h1,4,9,12-15H,2-3,5-8,10-11H2,(H2,26,27,28,29,31)/t13?,14?,15-/m1/s1. The summed E-state index contributed by atoms with van der Waals surface area (Å²) in [5.41, 5.74) is 0.0650. The summed E-state index contributed by atoms with van der Waals surface area (Å²) >= 11 is 0. The fraction of sp³-hybridized carbons (Fsp3) is 0.571. The first-order valence-corrected chi connectivity index (χ1v) is 10.9. The van der Waals surface area contributed by atoms with Gasteiger partial charge in [-0.05, 0) is 50.7 Å². The molecule has 4 rings (SSSR count). The molecule has 1 saturated heterocycles. The van der Waals surface area contributed by atoms with E-state index in [0.717, 1.165) is 12.8 Å². The van der Waals surface area contributed by atoms with Gasteiger partial charge in [-0.3, -0.25) is 14.9 Å². The van der Waals surface area contributed by atoms with Crippen LogP contribution in [0.25, 0.3) is 0 Å². The fourth-order valence-electron chi connectivity index (χ4n) is 4.50. The molecule has 0 bridgehead atoms. The number of rotatable bonds is 6. The maximum atomic E-state index is 13.0. The van der Waals surface area contributed by atoms with Gasteiger partial charge in [0, 0.05) is 18.7 Å². The molecule has 3 heterocycles. The third kappa shape index (κ3) is 5.42. The number of anilines is 1. The molecule has 2 fully saturated rings. The van der Waals surface area contributed by atoms with Crippen LogP contribution in [0, 0.1) is 11.8 Å². The lowest BCUT2D eigenvalue weighted by atomic mass is 9.81. The second-order valence-corrected chi connectivity index (χ2v) is 8.37. The van der Waals surface area contributed by atoms with Crippen molar-refractivity contribution in [2.45, 2.75) is 50.7 Å². The van der Waals surface area contributed by atoms with Crippen LogP contribution in [0.4, 0.5) is 19.1 Å². The van der Waals surface area contributed by atoms with E-state index in [0.29, 0.717) is 6.54 Å². The Morgan fingerprint density at radius 3 is 2.67 bits per heavy atom. The number of pyridine rings is 1. The predicted octanol–water partition coefficient (Wildman–Crippen LogP) is 3.19. The van der Waals surface area contributed by atoms with Gasteiger partial charge in [-0.1, -0.05) is 0 Å². The van der Waals surface area contributed by atoms with E-state index in [2.05, 4.69) is 25.5 Å². The first-order chi connectivity index (χ1) is 15.8. The Balaban J connectivity index is 1.35. The van der Waals surface area contributed by atoms with Gasteiger partial charge in [0.15, 0.2) is 11.4 Å². The largest absolute Gasteiger partial charge is 0.489 e. The van der Waals surface area contributed by atoms with Gasteiger partial charge in [0.2, 0.25) is 11.9 Å². The van der Waals surface area contributed by atoms with E-state index in [4.69, 9.17) is 4.74 Å². The normalized spacial score (nSPS) is 23.4. The lowest BCUT2D eigenvalue weighted by molar-refractivity contribution is -0.185. The van der Waals surface area contributed by atoms with Crippen LogP contribution in [-0.4, -0.2) is 62.2 Å². The molecule has 0 aromatic carbocycles. The minimum atomic E-state index is -4.20. The molecule has 178 valence electrons. The molecule has 0 spiro atoms. The van der Waals surface area contributed by atoms with E-state index in [1.54, 1.807) is 17.0 Å². The van der Waals surface area contributed by atoms with Crippen molar-refractivity contribution < 1.29 is 27.5 Å². The zero-order valence-corrected chi connectivity index (χ0v) is 17.8. The Morgan fingerprint density at radius 1 is 1.18 bits per heavy atom. The summed E-state index contributed by atoms with van der Waals surface area (Å²) in [6.07, 6.45) is 0.537. The van der Waals surface area contributed by atoms with E-state index in [9.17, 15) is 22.8 Å². The number of aromatic nitrogens is 4. The molecule has 12 heteroatoms. The highest BCUT2D eigenvalue weighted by molar-refractivity contribution is 6.03. The van der Waals surface area contributed by atoms with Crippen LogP contribution in [-0.2, 0) is 4.79 Å². The first kappa shape index (κ1) is 23.0. The zero-order valence-electron chi connectivity index (χ0n) is 17.8. The number of carbonyl (C=O) groups is 2. The van der Waals surface area contributed by atoms with Gasteiger partial charge in [-0.15, -0.1) is 0 Å². The summed E-state index contributed by atoms with van der Waals surface area (Å²) in [6, 6.07) is 3.04. The van der Waals surface area contributed by atoms with E-state index in [1.807, 2.05) is 0 Å². The second-order valence-electron chi connectivity index (χ2n) is 8.37. The third-order valence-corrected chi connectivity index (χ3v) is 6.26. The van der Waals surface area contributed by atoms with Gasteiger partial charge in [0.1, 0.15) is 12.9 Å².